The monoisotopic (exact) mass is 2110 g/mol. The van der Waals surface area contributed by atoms with Gasteiger partial charge in [-0.1, -0.05) is 218 Å². The van der Waals surface area contributed by atoms with Crippen LogP contribution in [-0.4, -0.2) is 258 Å². The number of likely N-dealkylation sites (N-methyl/N-ethyl adjacent to an activating group) is 1. The third-order valence-electron chi connectivity index (χ3n) is 26.0. The molecule has 0 fully saturated rings. The molecule has 4 aromatic carbocycles. The van der Waals surface area contributed by atoms with Crippen molar-refractivity contribution < 1.29 is 140 Å². The predicted molar refractivity (Wildman–Crippen MR) is 565 cm³/mol. The molecule has 8 rings (SSSR count). The number of rotatable bonds is 79. The number of nitrogens with zero attached hydrogens (tertiary/aromatic N) is 6. The summed E-state index contributed by atoms with van der Waals surface area (Å²) in [7, 11) is 0.179. The Morgan fingerprint density at radius 2 is 0.872 bits per heavy atom. The van der Waals surface area contributed by atoms with Crippen molar-refractivity contribution in [3.05, 3.63) is 119 Å². The maximum absolute atomic E-state index is 13.7. The average molecular weight is 2110 g/mol. The first-order chi connectivity index (χ1) is 71.5. The number of ketones is 1. The minimum absolute atomic E-state index is 0. The number of carbonyl (C=O) groups is 13. The molecule has 0 saturated heterocycles. The molecule has 0 spiro atoms. The Morgan fingerprint density at radius 3 is 1.32 bits per heavy atom. The average Bonchev–Trinajstić information content (AvgIpc) is 1.69. The molecule has 0 radical (unpaired) electrons. The molecule has 149 heavy (non-hydrogen) atoms. The largest absolute Gasteiger partial charge is 1.00 e. The standard InChI is InChI=1S/C60H75N13O10.C49H93N2O13P.Na/c1-61-48(56(79)63-27-13-5-7-15-29-73-35-41-31-39(21-23-43(41)65-50(60(73)83)33-55(77)78)58(81)71(3)37-52-68-46-18-10-11-19-47(46)69-52)24-25-53(74)62-26-12-4-6-14-28-72-34-40-30-38(20-22-42(40)64-49(59(72)82)32-54(75)76)57(80)70(2)36-51-66-44-16-8-9-17-45(44)67-51;1-4-6-8-10-12-14-16-18-20-22-24-26-28-30-48(55)61-42-45(64-49(56)31-29-27-25-23-21-19-17-15-13-11-9-7-5-2)43-63-65(57,58)62-39-36-51-47(54)33-32-46(53)50-35-38-60-41-40-59-37-34-44(3)52;/h8-11,16-23,30-31,48-50,61,64-65H,4-7,12-15,24-29,32-37H2,1-3H3,(H,62,74)(H,63,79)(H,66,67)(H,68,69)(H,75,76)(H,77,78);45H,4-43H2,1-3H3,(H,50,53)(H,51,54)(H,57,58);/q;;+1/p-1/t48-,49-,50+;45-;/m11./s1. The van der Waals surface area contributed by atoms with Gasteiger partial charge >= 0.3 is 53.4 Å². The molecule has 38 nitrogen and oxygen atoms in total. The first kappa shape index (κ1) is 127. The molecule has 2 aliphatic heterocycles. The first-order valence-corrected chi connectivity index (χ1v) is 55.5. The minimum Gasteiger partial charge on any atom is -0.756 e. The second kappa shape index (κ2) is 74.6. The number of aromatic amines is 2. The van der Waals surface area contributed by atoms with Crippen molar-refractivity contribution in [3.8, 4) is 0 Å². The Balaban J connectivity index is 0.000000468. The van der Waals surface area contributed by atoms with E-state index < -0.39 is 87.9 Å². The van der Waals surface area contributed by atoms with Gasteiger partial charge in [-0.2, -0.15) is 0 Å². The van der Waals surface area contributed by atoms with Crippen LogP contribution in [0.5, 0.6) is 0 Å². The van der Waals surface area contributed by atoms with E-state index in [1.165, 1.54) is 122 Å². The number of unbranched alkanes of at least 4 members (excludes halogenated alkanes) is 30. The molecule has 11 N–H and O–H groups in total. The Kier molecular flexibility index (Phi) is 63.8. The summed E-state index contributed by atoms with van der Waals surface area (Å²) in [6.07, 6.45) is 35.4. The number of aromatic nitrogens is 4. The number of anilines is 2. The fourth-order valence-electron chi connectivity index (χ4n) is 17.6. The van der Waals surface area contributed by atoms with Gasteiger partial charge in [0.1, 0.15) is 36.1 Å². The predicted octanol–water partition coefficient (Wildman–Crippen LogP) is 12.5. The topological polar surface area (TPSA) is 512 Å². The van der Waals surface area contributed by atoms with Crippen molar-refractivity contribution >= 4 is 118 Å². The van der Waals surface area contributed by atoms with Crippen molar-refractivity contribution in [1.29, 1.82) is 0 Å². The number of para-hydroxylation sites is 4. The quantitative estimate of drug-likeness (QED) is 0.00731. The minimum atomic E-state index is -4.88. The summed E-state index contributed by atoms with van der Waals surface area (Å²) < 4.78 is 44.0. The van der Waals surface area contributed by atoms with E-state index in [9.17, 15) is 82.0 Å². The summed E-state index contributed by atoms with van der Waals surface area (Å²) >= 11 is 0. The van der Waals surface area contributed by atoms with Gasteiger partial charge in [0.2, 0.25) is 35.4 Å². The van der Waals surface area contributed by atoms with E-state index in [1.807, 2.05) is 48.5 Å². The summed E-state index contributed by atoms with van der Waals surface area (Å²) in [5.74, 6) is -4.17. The summed E-state index contributed by atoms with van der Waals surface area (Å²) in [5, 5.41) is 39.5. The van der Waals surface area contributed by atoms with Crippen LogP contribution in [0, 0.1) is 0 Å². The number of aliphatic carboxylic acids is 2. The van der Waals surface area contributed by atoms with Gasteiger partial charge in [-0.05, 0) is 131 Å². The van der Waals surface area contributed by atoms with Gasteiger partial charge in [-0.25, -0.2) is 9.97 Å². The summed E-state index contributed by atoms with van der Waals surface area (Å²) in [6.45, 7) is 8.48. The third kappa shape index (κ3) is 53.0. The third-order valence-corrected chi connectivity index (χ3v) is 26.9. The number of benzene rings is 4. The van der Waals surface area contributed by atoms with Crippen LogP contribution in [0.25, 0.3) is 22.1 Å². The van der Waals surface area contributed by atoms with Crippen molar-refractivity contribution in [1.82, 2.24) is 66.1 Å². The number of esters is 2. The van der Waals surface area contributed by atoms with E-state index in [4.69, 9.17) is 28.0 Å². The van der Waals surface area contributed by atoms with Gasteiger partial charge in [0.15, 0.2) is 6.10 Å². The molecule has 1 unspecified atom stereocenters. The number of fused-ring (bicyclic) bond motifs is 4. The van der Waals surface area contributed by atoms with Gasteiger partial charge in [-0.3, -0.25) is 66.9 Å². The SMILES string of the molecule is CCCCCCCCCCCCCCCC(=O)OC[C@H](COP(=O)([O-])OCCNC(=O)CCC(=O)NCCOCCOCCC(C)=O)OC(=O)CCCCCCCCCCCCCCC.CN[C@H](CCC(=O)NCCCCCCN1Cc2cc(C(=O)N(C)Cc3nc4ccccc4[nH]3)ccc2N[C@H](CC(=O)O)C1=O)C(=O)NCCCCCCN1Cc2cc(C(=O)N(C)Cc3nc4ccccc4[nH]3)ccc2N[C@@H](CC(=O)O)C1=O.[Na+]. The maximum Gasteiger partial charge on any atom is 1.00 e. The zero-order valence-electron chi connectivity index (χ0n) is 89.4. The Morgan fingerprint density at radius 1 is 0.470 bits per heavy atom. The van der Waals surface area contributed by atoms with Crippen LogP contribution < -0.4 is 71.7 Å². The van der Waals surface area contributed by atoms with Crippen LogP contribution >= 0.6 is 7.82 Å². The molecule has 2 aromatic heterocycles. The molecule has 8 amide bonds. The van der Waals surface area contributed by atoms with E-state index in [-0.39, 0.29) is 161 Å². The number of imidazole rings is 2. The number of phosphoric ester groups is 1. The van der Waals surface area contributed by atoms with E-state index in [1.54, 1.807) is 77.1 Å². The summed E-state index contributed by atoms with van der Waals surface area (Å²) in [6, 6.07) is 23.0. The summed E-state index contributed by atoms with van der Waals surface area (Å²) in [5.41, 5.74) is 6.83. The number of Topliss-reactive ketones (excluding diaryl/α,β-unsaturated/α-hetero) is 1. The number of hydrogen-bond donors (Lipinski definition) is 11. The fourth-order valence-corrected chi connectivity index (χ4v) is 18.3. The molecule has 6 aromatic rings. The van der Waals surface area contributed by atoms with Gasteiger partial charge in [0.25, 0.3) is 19.6 Å². The molecule has 4 heterocycles. The Labute approximate surface area is 901 Å². The second-order valence-electron chi connectivity index (χ2n) is 38.7. The number of phosphoric acid groups is 1. The van der Waals surface area contributed by atoms with Crippen LogP contribution in [0.15, 0.2) is 84.9 Å². The van der Waals surface area contributed by atoms with Crippen molar-refractivity contribution in [2.24, 2.45) is 0 Å². The van der Waals surface area contributed by atoms with Crippen LogP contribution in [-0.2, 0) is 111 Å². The molecule has 822 valence electrons. The van der Waals surface area contributed by atoms with Gasteiger partial charge in [-0.15, -0.1) is 0 Å². The van der Waals surface area contributed by atoms with Crippen molar-refractivity contribution in [3.63, 3.8) is 0 Å². The number of H-pyrrole nitrogens is 2. The molecule has 0 bridgehead atoms. The smallest absolute Gasteiger partial charge is 0.756 e. The van der Waals surface area contributed by atoms with Crippen LogP contribution in [0.2, 0.25) is 0 Å². The zero-order valence-corrected chi connectivity index (χ0v) is 92.3. The van der Waals surface area contributed by atoms with Crippen LogP contribution in [0.4, 0.5) is 11.4 Å². The molecule has 0 aliphatic carbocycles. The first-order valence-electron chi connectivity index (χ1n) is 54.1. The molecular weight excluding hydrogens is 1940 g/mol. The van der Waals surface area contributed by atoms with E-state index >= 15 is 0 Å². The zero-order chi connectivity index (χ0) is 107. The second-order valence-corrected chi connectivity index (χ2v) is 40.1. The van der Waals surface area contributed by atoms with Crippen LogP contribution in [0.3, 0.4) is 0 Å². The van der Waals surface area contributed by atoms with Crippen molar-refractivity contribution in [2.45, 2.75) is 347 Å². The Hall–Kier alpha value is -10.3. The number of carbonyl (C=O) groups excluding carboxylic acids is 11. The number of carboxylic acids is 2. The molecule has 0 saturated carbocycles. The summed E-state index contributed by atoms with van der Waals surface area (Å²) in [4.78, 5) is 199. The molecule has 40 heteroatoms. The molecular formula is C109H167N15NaO23P. The van der Waals surface area contributed by atoms with Gasteiger partial charge in [0.05, 0.1) is 93.7 Å². The molecule has 2 aliphatic rings. The van der Waals surface area contributed by atoms with Gasteiger partial charge < -0.3 is 110 Å². The molecule has 5 atom stereocenters. The van der Waals surface area contributed by atoms with Crippen molar-refractivity contribution in [2.75, 3.05) is 117 Å². The van der Waals surface area contributed by atoms with E-state index in [0.29, 0.717) is 143 Å². The Bertz CT molecular complexity index is 5020. The van der Waals surface area contributed by atoms with Gasteiger partial charge in [0, 0.05) is 127 Å². The number of amides is 8. The number of ether oxygens (including phenoxy) is 4. The maximum atomic E-state index is 13.7. The normalized spacial score (nSPS) is 14.1. The van der Waals surface area contributed by atoms with Crippen LogP contribution in [0.1, 0.15) is 340 Å². The van der Waals surface area contributed by atoms with E-state index in [2.05, 4.69) is 71.0 Å². The fraction of sp³-hybridized carbons (Fsp3) is 0.642. The number of carboxylic acid groups (broad SMARTS) is 2. The number of nitrogens with one attached hydrogen (secondary N) is 9. The number of hydrogen-bond acceptors (Lipinski definition) is 26. The van der Waals surface area contributed by atoms with E-state index in [0.717, 1.165) is 86.3 Å².